The summed E-state index contributed by atoms with van der Waals surface area (Å²) >= 11 is 5.17. The van der Waals surface area contributed by atoms with Crippen LogP contribution in [0.3, 0.4) is 0 Å². The van der Waals surface area contributed by atoms with Crippen molar-refractivity contribution in [2.45, 2.75) is 42.9 Å². The molecule has 0 aliphatic heterocycles. The number of nitrogens with two attached hydrogens (primary N) is 1. The van der Waals surface area contributed by atoms with Crippen molar-refractivity contribution < 1.29 is 4.79 Å². The molecule has 0 saturated heterocycles. The molecule has 6 heteroatoms. The van der Waals surface area contributed by atoms with Crippen LogP contribution in [0.15, 0.2) is 33.6 Å². The van der Waals surface area contributed by atoms with E-state index in [2.05, 4.69) is 40.3 Å². The van der Waals surface area contributed by atoms with Crippen molar-refractivity contribution in [2.75, 3.05) is 6.54 Å². The number of hydrogen-bond donors (Lipinski definition) is 2. The van der Waals surface area contributed by atoms with E-state index in [1.54, 1.807) is 11.8 Å². The predicted octanol–water partition coefficient (Wildman–Crippen LogP) is 3.60. The van der Waals surface area contributed by atoms with Gasteiger partial charge in [-0.1, -0.05) is 22.9 Å². The molecule has 1 aromatic carbocycles. The van der Waals surface area contributed by atoms with E-state index >= 15 is 0 Å². The lowest BCUT2D eigenvalue weighted by Gasteiger charge is -2.13. The van der Waals surface area contributed by atoms with Crippen LogP contribution in [-0.2, 0) is 4.79 Å². The molecule has 114 valence electrons. The van der Waals surface area contributed by atoms with Crippen LogP contribution in [0.1, 0.15) is 26.7 Å². The van der Waals surface area contributed by atoms with Gasteiger partial charge in [-0.15, -0.1) is 24.2 Å². The summed E-state index contributed by atoms with van der Waals surface area (Å²) in [6.07, 6.45) is 1.24. The second-order valence-electron chi connectivity index (χ2n) is 4.70. The van der Waals surface area contributed by atoms with Gasteiger partial charge in [-0.2, -0.15) is 0 Å². The van der Waals surface area contributed by atoms with Gasteiger partial charge in [-0.05, 0) is 37.6 Å². The van der Waals surface area contributed by atoms with Crippen LogP contribution in [0, 0.1) is 0 Å². The van der Waals surface area contributed by atoms with E-state index in [1.807, 2.05) is 19.1 Å². The third kappa shape index (κ3) is 8.84. The molecule has 0 saturated carbocycles. The highest BCUT2D eigenvalue weighted by atomic mass is 79.9. The van der Waals surface area contributed by atoms with Crippen LogP contribution in [0.2, 0.25) is 0 Å². The van der Waals surface area contributed by atoms with Crippen LogP contribution < -0.4 is 11.1 Å². The van der Waals surface area contributed by atoms with Crippen molar-refractivity contribution >= 4 is 46.0 Å². The number of halogens is 2. The molecular formula is C14H22BrClN2OS. The smallest absolute Gasteiger partial charge is 0.220 e. The Kier molecular flexibility index (Phi) is 10.4. The fourth-order valence-corrected chi connectivity index (χ4v) is 2.68. The summed E-state index contributed by atoms with van der Waals surface area (Å²) in [5.41, 5.74) is 5.62. The first-order valence-electron chi connectivity index (χ1n) is 6.42. The quantitative estimate of drug-likeness (QED) is 0.710. The second kappa shape index (κ2) is 10.5. The highest BCUT2D eigenvalue weighted by Gasteiger charge is 2.08. The standard InChI is InChI=1S/C14H21BrN2OS.ClH/c1-10(16)3-8-14(18)17-9-11(2)19-13-6-4-12(15)5-7-13;/h4-7,10-11H,3,8-9,16H2,1-2H3,(H,17,18);1H. The maximum atomic E-state index is 11.6. The molecule has 1 aromatic rings. The Morgan fingerprint density at radius 2 is 1.95 bits per heavy atom. The Labute approximate surface area is 140 Å². The summed E-state index contributed by atoms with van der Waals surface area (Å²) in [6.45, 7) is 4.70. The van der Waals surface area contributed by atoms with Gasteiger partial charge in [0, 0.05) is 33.6 Å². The van der Waals surface area contributed by atoms with Gasteiger partial charge in [0.1, 0.15) is 0 Å². The van der Waals surface area contributed by atoms with E-state index < -0.39 is 0 Å². The Balaban J connectivity index is 0.00000361. The number of rotatable bonds is 7. The zero-order valence-electron chi connectivity index (χ0n) is 11.8. The van der Waals surface area contributed by atoms with Gasteiger partial charge in [-0.25, -0.2) is 0 Å². The normalized spacial score (nSPS) is 13.2. The number of benzene rings is 1. The summed E-state index contributed by atoms with van der Waals surface area (Å²) in [5, 5.41) is 3.29. The minimum absolute atomic E-state index is 0. The van der Waals surface area contributed by atoms with Crippen LogP contribution in [0.5, 0.6) is 0 Å². The average molecular weight is 382 g/mol. The average Bonchev–Trinajstić information content (AvgIpc) is 2.36. The van der Waals surface area contributed by atoms with Gasteiger partial charge in [0.15, 0.2) is 0 Å². The maximum absolute atomic E-state index is 11.6. The summed E-state index contributed by atoms with van der Waals surface area (Å²) in [6, 6.07) is 8.28. The Morgan fingerprint density at radius 3 is 2.50 bits per heavy atom. The molecule has 0 aliphatic rings. The molecule has 0 heterocycles. The molecular weight excluding hydrogens is 360 g/mol. The second-order valence-corrected chi connectivity index (χ2v) is 7.13. The number of carbonyl (C=O) groups is 1. The van der Waals surface area contributed by atoms with Crippen LogP contribution >= 0.6 is 40.1 Å². The van der Waals surface area contributed by atoms with Crippen LogP contribution in [-0.4, -0.2) is 23.7 Å². The van der Waals surface area contributed by atoms with Gasteiger partial charge < -0.3 is 11.1 Å². The van der Waals surface area contributed by atoms with Crippen molar-refractivity contribution in [3.8, 4) is 0 Å². The van der Waals surface area contributed by atoms with Crippen molar-refractivity contribution in [3.63, 3.8) is 0 Å². The minimum atomic E-state index is 0. The molecule has 2 atom stereocenters. The maximum Gasteiger partial charge on any atom is 0.220 e. The molecule has 20 heavy (non-hydrogen) atoms. The molecule has 0 fully saturated rings. The van der Waals surface area contributed by atoms with Gasteiger partial charge >= 0.3 is 0 Å². The Morgan fingerprint density at radius 1 is 1.35 bits per heavy atom. The number of carbonyl (C=O) groups excluding carboxylic acids is 1. The van der Waals surface area contributed by atoms with Crippen molar-refractivity contribution in [1.82, 2.24) is 5.32 Å². The largest absolute Gasteiger partial charge is 0.355 e. The topological polar surface area (TPSA) is 55.1 Å². The van der Waals surface area contributed by atoms with E-state index in [9.17, 15) is 4.79 Å². The Bertz CT molecular complexity index is 401. The summed E-state index contributed by atoms with van der Waals surface area (Å²) in [4.78, 5) is 12.8. The summed E-state index contributed by atoms with van der Waals surface area (Å²) < 4.78 is 1.08. The molecule has 0 bridgehead atoms. The lowest BCUT2D eigenvalue weighted by atomic mass is 10.2. The van der Waals surface area contributed by atoms with Crippen molar-refractivity contribution in [1.29, 1.82) is 0 Å². The molecule has 0 aromatic heterocycles. The predicted molar refractivity (Wildman–Crippen MR) is 92.6 cm³/mol. The molecule has 3 nitrogen and oxygen atoms in total. The number of thioether (sulfide) groups is 1. The first-order chi connectivity index (χ1) is 8.97. The third-order valence-electron chi connectivity index (χ3n) is 2.56. The first-order valence-corrected chi connectivity index (χ1v) is 8.09. The van der Waals surface area contributed by atoms with Gasteiger partial charge in [0.25, 0.3) is 0 Å². The molecule has 1 rings (SSSR count). The lowest BCUT2D eigenvalue weighted by Crippen LogP contribution is -2.30. The molecule has 1 amide bonds. The molecule has 3 N–H and O–H groups in total. The Hall–Kier alpha value is -0.230. The van der Waals surface area contributed by atoms with E-state index in [-0.39, 0.29) is 24.4 Å². The van der Waals surface area contributed by atoms with E-state index in [0.29, 0.717) is 18.2 Å². The molecule has 0 radical (unpaired) electrons. The van der Waals surface area contributed by atoms with Gasteiger partial charge in [0.05, 0.1) is 0 Å². The van der Waals surface area contributed by atoms with Gasteiger partial charge in [0.2, 0.25) is 5.91 Å². The van der Waals surface area contributed by atoms with Crippen molar-refractivity contribution in [2.24, 2.45) is 5.73 Å². The minimum Gasteiger partial charge on any atom is -0.355 e. The lowest BCUT2D eigenvalue weighted by molar-refractivity contribution is -0.121. The van der Waals surface area contributed by atoms with Crippen LogP contribution in [0.25, 0.3) is 0 Å². The number of amides is 1. The first kappa shape index (κ1) is 19.8. The molecule has 0 spiro atoms. The number of nitrogens with one attached hydrogen (secondary N) is 1. The van der Waals surface area contributed by atoms with Gasteiger partial charge in [-0.3, -0.25) is 4.79 Å². The number of hydrogen-bond acceptors (Lipinski definition) is 3. The third-order valence-corrected chi connectivity index (χ3v) is 4.21. The van der Waals surface area contributed by atoms with E-state index in [1.165, 1.54) is 4.90 Å². The summed E-state index contributed by atoms with van der Waals surface area (Å²) in [5.74, 6) is 0.0838. The SMILES string of the molecule is CC(N)CCC(=O)NCC(C)Sc1ccc(Br)cc1.Cl. The fourth-order valence-electron chi connectivity index (χ4n) is 1.49. The van der Waals surface area contributed by atoms with E-state index in [4.69, 9.17) is 5.73 Å². The molecule has 0 aliphatic carbocycles. The zero-order chi connectivity index (χ0) is 14.3. The van der Waals surface area contributed by atoms with E-state index in [0.717, 1.165) is 10.9 Å². The van der Waals surface area contributed by atoms with Crippen LogP contribution in [0.4, 0.5) is 0 Å². The zero-order valence-corrected chi connectivity index (χ0v) is 15.0. The summed E-state index contributed by atoms with van der Waals surface area (Å²) in [7, 11) is 0. The molecule has 2 unspecified atom stereocenters. The van der Waals surface area contributed by atoms with Crippen molar-refractivity contribution in [3.05, 3.63) is 28.7 Å². The highest BCUT2D eigenvalue weighted by molar-refractivity contribution is 9.10. The fraction of sp³-hybridized carbons (Fsp3) is 0.500. The highest BCUT2D eigenvalue weighted by Crippen LogP contribution is 2.24. The monoisotopic (exact) mass is 380 g/mol.